The van der Waals surface area contributed by atoms with Crippen LogP contribution < -0.4 is 5.43 Å². The number of piperazine rings is 1. The topological polar surface area (TPSA) is 61.6 Å². The molecular formula is C11H14BrFN4O2. The van der Waals surface area contributed by atoms with E-state index in [-0.39, 0.29) is 10.2 Å². The van der Waals surface area contributed by atoms with Crippen molar-refractivity contribution >= 4 is 27.3 Å². The van der Waals surface area contributed by atoms with Crippen molar-refractivity contribution in [1.29, 1.82) is 0 Å². The highest BCUT2D eigenvalue weighted by Gasteiger charge is 2.21. The second kappa shape index (κ2) is 5.81. The summed E-state index contributed by atoms with van der Waals surface area (Å²) in [6.45, 7) is 3.26. The second-order valence-corrected chi connectivity index (χ2v) is 5.30. The number of nitrogens with zero attached hydrogens (tertiary/aromatic N) is 3. The standard InChI is InChI=1S/C11H14BrFN4O2/c1-15-2-4-16(5-3-15)14-10-6-8(12)9(13)7-11(10)17(18)19/h6-7,14H,2-5H2,1H3. The summed E-state index contributed by atoms with van der Waals surface area (Å²) >= 11 is 3.04. The number of nitro groups is 1. The van der Waals surface area contributed by atoms with Crippen LogP contribution in [0.25, 0.3) is 0 Å². The first-order valence-electron chi connectivity index (χ1n) is 5.81. The van der Waals surface area contributed by atoms with Gasteiger partial charge in [0.1, 0.15) is 11.5 Å². The number of anilines is 1. The fourth-order valence-electron chi connectivity index (χ4n) is 1.87. The maximum Gasteiger partial charge on any atom is 0.296 e. The molecule has 1 aliphatic heterocycles. The summed E-state index contributed by atoms with van der Waals surface area (Å²) in [5, 5.41) is 12.8. The number of nitrogens with one attached hydrogen (secondary N) is 1. The Balaban J connectivity index is 2.19. The molecular weight excluding hydrogens is 319 g/mol. The lowest BCUT2D eigenvalue weighted by Crippen LogP contribution is -2.47. The van der Waals surface area contributed by atoms with Crippen LogP contribution in [0.2, 0.25) is 0 Å². The van der Waals surface area contributed by atoms with E-state index in [0.717, 1.165) is 32.2 Å². The zero-order valence-electron chi connectivity index (χ0n) is 10.4. The largest absolute Gasteiger partial charge is 0.313 e. The average molecular weight is 333 g/mol. The molecule has 0 aromatic heterocycles. The Hall–Kier alpha value is -1.25. The minimum Gasteiger partial charge on any atom is -0.313 e. The van der Waals surface area contributed by atoms with E-state index in [1.165, 1.54) is 6.07 Å². The first kappa shape index (κ1) is 14.2. The van der Waals surface area contributed by atoms with E-state index in [1.54, 1.807) is 0 Å². The Morgan fingerprint density at radius 1 is 1.37 bits per heavy atom. The molecule has 1 fully saturated rings. The van der Waals surface area contributed by atoms with Gasteiger partial charge in [-0.3, -0.25) is 10.1 Å². The van der Waals surface area contributed by atoms with E-state index in [9.17, 15) is 14.5 Å². The fraction of sp³-hybridized carbons (Fsp3) is 0.455. The summed E-state index contributed by atoms with van der Waals surface area (Å²) in [6.07, 6.45) is 0. The summed E-state index contributed by atoms with van der Waals surface area (Å²) in [7, 11) is 2.02. The number of hydrazine groups is 1. The molecule has 1 aliphatic rings. The quantitative estimate of drug-likeness (QED) is 0.678. The lowest BCUT2D eigenvalue weighted by atomic mass is 10.2. The van der Waals surface area contributed by atoms with Crippen molar-refractivity contribution in [3.8, 4) is 0 Å². The van der Waals surface area contributed by atoms with Gasteiger partial charge in [-0.2, -0.15) is 0 Å². The van der Waals surface area contributed by atoms with Gasteiger partial charge in [-0.1, -0.05) is 0 Å². The first-order valence-corrected chi connectivity index (χ1v) is 6.60. The number of hydrogen-bond donors (Lipinski definition) is 1. The smallest absolute Gasteiger partial charge is 0.296 e. The van der Waals surface area contributed by atoms with Crippen LogP contribution in [0.1, 0.15) is 0 Å². The molecule has 0 unspecified atom stereocenters. The van der Waals surface area contributed by atoms with Crippen molar-refractivity contribution in [3.05, 3.63) is 32.5 Å². The number of likely N-dealkylation sites (N-methyl/N-ethyl adjacent to an activating group) is 1. The van der Waals surface area contributed by atoms with E-state index in [2.05, 4.69) is 26.3 Å². The van der Waals surface area contributed by atoms with E-state index < -0.39 is 10.7 Å². The van der Waals surface area contributed by atoms with Crippen LogP contribution in [0.15, 0.2) is 16.6 Å². The van der Waals surface area contributed by atoms with Gasteiger partial charge in [0, 0.05) is 26.2 Å². The summed E-state index contributed by atoms with van der Waals surface area (Å²) in [6, 6.07) is 2.31. The predicted octanol–water partition coefficient (Wildman–Crippen LogP) is 2.07. The molecule has 19 heavy (non-hydrogen) atoms. The maximum atomic E-state index is 13.3. The molecule has 0 saturated carbocycles. The molecule has 104 valence electrons. The summed E-state index contributed by atoms with van der Waals surface area (Å²) in [5.74, 6) is -0.643. The van der Waals surface area contributed by atoms with Gasteiger partial charge in [0.25, 0.3) is 5.69 Å². The molecule has 2 rings (SSSR count). The summed E-state index contributed by atoms with van der Waals surface area (Å²) in [5.41, 5.74) is 3.02. The molecule has 0 spiro atoms. The number of benzene rings is 1. The van der Waals surface area contributed by atoms with Gasteiger partial charge in [0.15, 0.2) is 0 Å². The number of halogens is 2. The Morgan fingerprint density at radius 3 is 2.58 bits per heavy atom. The molecule has 0 amide bonds. The van der Waals surface area contributed by atoms with Crippen LogP contribution in [0, 0.1) is 15.9 Å². The Kier molecular flexibility index (Phi) is 4.33. The third kappa shape index (κ3) is 3.40. The monoisotopic (exact) mass is 332 g/mol. The third-order valence-corrected chi connectivity index (χ3v) is 3.62. The lowest BCUT2D eigenvalue weighted by Gasteiger charge is -2.32. The lowest BCUT2D eigenvalue weighted by molar-refractivity contribution is -0.384. The number of nitro benzene ring substituents is 1. The van der Waals surface area contributed by atoms with Gasteiger partial charge in [-0.05, 0) is 29.0 Å². The van der Waals surface area contributed by atoms with Crippen molar-refractivity contribution in [2.24, 2.45) is 0 Å². The minimum atomic E-state index is -0.643. The van der Waals surface area contributed by atoms with Crippen LogP contribution in [0.4, 0.5) is 15.8 Å². The molecule has 1 aromatic carbocycles. The second-order valence-electron chi connectivity index (χ2n) is 4.44. The molecule has 8 heteroatoms. The van der Waals surface area contributed by atoms with Crippen LogP contribution >= 0.6 is 15.9 Å². The third-order valence-electron chi connectivity index (χ3n) is 3.02. The Bertz CT molecular complexity index is 492. The minimum absolute atomic E-state index is 0.203. The molecule has 1 heterocycles. The van der Waals surface area contributed by atoms with Crippen molar-refractivity contribution in [1.82, 2.24) is 9.91 Å². The highest BCUT2D eigenvalue weighted by Crippen LogP contribution is 2.30. The molecule has 6 nitrogen and oxygen atoms in total. The van der Waals surface area contributed by atoms with E-state index in [1.807, 2.05) is 12.1 Å². The molecule has 1 saturated heterocycles. The Labute approximate surface area is 118 Å². The summed E-state index contributed by atoms with van der Waals surface area (Å²) < 4.78 is 13.6. The number of rotatable bonds is 3. The van der Waals surface area contributed by atoms with Gasteiger partial charge >= 0.3 is 0 Å². The fourth-order valence-corrected chi connectivity index (χ4v) is 2.21. The Morgan fingerprint density at radius 2 is 2.00 bits per heavy atom. The average Bonchev–Trinajstić information content (AvgIpc) is 2.36. The van der Waals surface area contributed by atoms with Gasteiger partial charge in [-0.25, -0.2) is 9.40 Å². The van der Waals surface area contributed by atoms with E-state index in [0.29, 0.717) is 5.69 Å². The van der Waals surface area contributed by atoms with Gasteiger partial charge in [-0.15, -0.1) is 0 Å². The first-order chi connectivity index (χ1) is 8.97. The SMILES string of the molecule is CN1CCN(Nc2cc(Br)c(F)cc2[N+](=O)[O-])CC1. The van der Waals surface area contributed by atoms with Gasteiger partial charge < -0.3 is 10.3 Å². The van der Waals surface area contributed by atoms with E-state index >= 15 is 0 Å². The van der Waals surface area contributed by atoms with E-state index in [4.69, 9.17) is 0 Å². The molecule has 0 radical (unpaired) electrons. The molecule has 0 atom stereocenters. The van der Waals surface area contributed by atoms with Crippen molar-refractivity contribution < 1.29 is 9.31 Å². The zero-order valence-corrected chi connectivity index (χ0v) is 12.0. The van der Waals surface area contributed by atoms with Crippen LogP contribution in [-0.2, 0) is 0 Å². The predicted molar refractivity (Wildman–Crippen MR) is 73.4 cm³/mol. The van der Waals surface area contributed by atoms with Crippen molar-refractivity contribution in [2.45, 2.75) is 0 Å². The van der Waals surface area contributed by atoms with Crippen LogP contribution in [-0.4, -0.2) is 48.1 Å². The van der Waals surface area contributed by atoms with Gasteiger partial charge in [0.05, 0.1) is 15.5 Å². The number of hydrogen-bond acceptors (Lipinski definition) is 5. The highest BCUT2D eigenvalue weighted by atomic mass is 79.9. The highest BCUT2D eigenvalue weighted by molar-refractivity contribution is 9.10. The molecule has 1 aromatic rings. The molecule has 0 aliphatic carbocycles. The van der Waals surface area contributed by atoms with Crippen LogP contribution in [0.5, 0.6) is 0 Å². The molecule has 0 bridgehead atoms. The normalized spacial score (nSPS) is 17.4. The summed E-state index contributed by atoms with van der Waals surface area (Å²) in [4.78, 5) is 12.5. The van der Waals surface area contributed by atoms with Gasteiger partial charge in [0.2, 0.25) is 0 Å². The zero-order chi connectivity index (χ0) is 14.0. The van der Waals surface area contributed by atoms with Crippen molar-refractivity contribution in [3.63, 3.8) is 0 Å². The molecule has 1 N–H and O–H groups in total. The van der Waals surface area contributed by atoms with Crippen molar-refractivity contribution in [2.75, 3.05) is 38.7 Å². The maximum absolute atomic E-state index is 13.3. The van der Waals surface area contributed by atoms with Crippen LogP contribution in [0.3, 0.4) is 0 Å².